The molecule has 6 heteroatoms. The molecule has 18 heavy (non-hydrogen) atoms. The Hall–Kier alpha value is -1.30. The molecule has 0 aliphatic carbocycles. The van der Waals surface area contributed by atoms with E-state index in [4.69, 9.17) is 9.84 Å². The number of rotatable bonds is 5. The number of carbonyl (C=O) groups is 2. The van der Waals surface area contributed by atoms with Crippen molar-refractivity contribution in [1.82, 2.24) is 10.2 Å². The average molecular weight is 258 g/mol. The fourth-order valence-electron chi connectivity index (χ4n) is 2.01. The first-order valence-electron chi connectivity index (χ1n) is 6.30. The van der Waals surface area contributed by atoms with Gasteiger partial charge in [-0.05, 0) is 12.3 Å². The Morgan fingerprint density at radius 2 is 2.22 bits per heavy atom. The fraction of sp³-hybridized carbons (Fsp3) is 0.833. The Morgan fingerprint density at radius 1 is 1.56 bits per heavy atom. The van der Waals surface area contributed by atoms with Gasteiger partial charge in [0.25, 0.3) is 0 Å². The number of carboxylic acid groups (broad SMARTS) is 1. The third-order valence-electron chi connectivity index (χ3n) is 3.52. The second-order valence-electron chi connectivity index (χ2n) is 4.74. The van der Waals surface area contributed by atoms with Crippen LogP contribution in [-0.2, 0) is 9.53 Å². The van der Waals surface area contributed by atoms with Crippen LogP contribution in [0, 0.1) is 5.92 Å². The molecule has 0 saturated carbocycles. The Morgan fingerprint density at radius 3 is 2.67 bits per heavy atom. The minimum absolute atomic E-state index is 0.0580. The largest absolute Gasteiger partial charge is 0.480 e. The van der Waals surface area contributed by atoms with Crippen molar-refractivity contribution in [2.75, 3.05) is 20.2 Å². The predicted octanol–water partition coefficient (Wildman–Crippen LogP) is 0.916. The summed E-state index contributed by atoms with van der Waals surface area (Å²) in [4.78, 5) is 24.7. The highest BCUT2D eigenvalue weighted by Crippen LogP contribution is 2.13. The average Bonchev–Trinajstić information content (AvgIpc) is 2.83. The van der Waals surface area contributed by atoms with Crippen LogP contribution in [0.3, 0.4) is 0 Å². The van der Waals surface area contributed by atoms with Crippen LogP contribution in [0.25, 0.3) is 0 Å². The van der Waals surface area contributed by atoms with E-state index < -0.39 is 12.0 Å². The number of urea groups is 1. The number of hydrogen-bond donors (Lipinski definition) is 2. The molecule has 0 bridgehead atoms. The summed E-state index contributed by atoms with van der Waals surface area (Å²) in [6, 6.07) is -1.15. The van der Waals surface area contributed by atoms with E-state index in [9.17, 15) is 9.59 Å². The van der Waals surface area contributed by atoms with Crippen LogP contribution in [0.4, 0.5) is 4.79 Å². The highest BCUT2D eigenvalue weighted by atomic mass is 16.5. The van der Waals surface area contributed by atoms with Gasteiger partial charge in [0, 0.05) is 20.2 Å². The van der Waals surface area contributed by atoms with Crippen LogP contribution < -0.4 is 5.32 Å². The molecule has 1 rings (SSSR count). The minimum Gasteiger partial charge on any atom is -0.480 e. The first-order valence-corrected chi connectivity index (χ1v) is 6.30. The summed E-state index contributed by atoms with van der Waals surface area (Å²) in [5.74, 6) is -1.08. The molecule has 2 amide bonds. The van der Waals surface area contributed by atoms with Crippen LogP contribution in [0.5, 0.6) is 0 Å². The number of amides is 2. The summed E-state index contributed by atoms with van der Waals surface area (Å²) in [6.07, 6.45) is 1.56. The first-order chi connectivity index (χ1) is 8.49. The summed E-state index contributed by atoms with van der Waals surface area (Å²) in [6.45, 7) is 4.86. The third-order valence-corrected chi connectivity index (χ3v) is 3.52. The molecule has 0 radical (unpaired) electrons. The smallest absolute Gasteiger partial charge is 0.326 e. The van der Waals surface area contributed by atoms with Gasteiger partial charge in [0.05, 0.1) is 6.10 Å². The van der Waals surface area contributed by atoms with Gasteiger partial charge in [-0.1, -0.05) is 20.3 Å². The number of carbonyl (C=O) groups excluding carboxylic acids is 1. The van der Waals surface area contributed by atoms with Crippen molar-refractivity contribution in [3.63, 3.8) is 0 Å². The molecule has 6 nitrogen and oxygen atoms in total. The molecular weight excluding hydrogens is 236 g/mol. The Labute approximate surface area is 107 Å². The zero-order valence-corrected chi connectivity index (χ0v) is 11.2. The van der Waals surface area contributed by atoms with Crippen molar-refractivity contribution in [3.8, 4) is 0 Å². The molecule has 1 fully saturated rings. The lowest BCUT2D eigenvalue weighted by molar-refractivity contribution is -0.140. The molecule has 3 atom stereocenters. The van der Waals surface area contributed by atoms with Crippen molar-refractivity contribution >= 4 is 12.0 Å². The quantitative estimate of drug-likeness (QED) is 0.768. The van der Waals surface area contributed by atoms with Gasteiger partial charge >= 0.3 is 12.0 Å². The second-order valence-corrected chi connectivity index (χ2v) is 4.74. The zero-order valence-electron chi connectivity index (χ0n) is 11.2. The highest BCUT2D eigenvalue weighted by molar-refractivity contribution is 5.82. The fourth-order valence-corrected chi connectivity index (χ4v) is 2.01. The van der Waals surface area contributed by atoms with Gasteiger partial charge in [-0.3, -0.25) is 0 Å². The number of carboxylic acids is 1. The van der Waals surface area contributed by atoms with Gasteiger partial charge in [0.2, 0.25) is 0 Å². The molecule has 2 unspecified atom stereocenters. The van der Waals surface area contributed by atoms with E-state index in [1.54, 1.807) is 12.0 Å². The van der Waals surface area contributed by atoms with Crippen molar-refractivity contribution < 1.29 is 19.4 Å². The predicted molar refractivity (Wildman–Crippen MR) is 66.4 cm³/mol. The van der Waals surface area contributed by atoms with E-state index in [0.717, 1.165) is 6.42 Å². The van der Waals surface area contributed by atoms with E-state index >= 15 is 0 Å². The van der Waals surface area contributed by atoms with Gasteiger partial charge in [-0.15, -0.1) is 0 Å². The maximum absolute atomic E-state index is 11.9. The lowest BCUT2D eigenvalue weighted by Gasteiger charge is -2.24. The molecule has 1 aliphatic rings. The third kappa shape index (κ3) is 3.60. The molecule has 1 saturated heterocycles. The van der Waals surface area contributed by atoms with E-state index in [1.165, 1.54) is 0 Å². The topological polar surface area (TPSA) is 78.9 Å². The summed E-state index contributed by atoms with van der Waals surface area (Å²) in [5.41, 5.74) is 0. The molecule has 104 valence electrons. The molecule has 0 spiro atoms. The van der Waals surface area contributed by atoms with Crippen LogP contribution in [0.2, 0.25) is 0 Å². The number of hydrogen-bond acceptors (Lipinski definition) is 3. The normalized spacial score (nSPS) is 22.6. The minimum atomic E-state index is -0.986. The summed E-state index contributed by atoms with van der Waals surface area (Å²) < 4.78 is 5.17. The van der Waals surface area contributed by atoms with Crippen molar-refractivity contribution in [1.29, 1.82) is 0 Å². The number of ether oxygens (including phenoxy) is 1. The maximum atomic E-state index is 11.9. The lowest BCUT2D eigenvalue weighted by Crippen LogP contribution is -2.50. The van der Waals surface area contributed by atoms with Gasteiger partial charge in [-0.25, -0.2) is 9.59 Å². The molecule has 0 aromatic rings. The molecule has 0 aromatic carbocycles. The zero-order chi connectivity index (χ0) is 13.7. The molecule has 1 heterocycles. The number of likely N-dealkylation sites (tertiary alicyclic amines) is 1. The molecular formula is C12H22N2O4. The first kappa shape index (κ1) is 14.8. The molecule has 2 N–H and O–H groups in total. The van der Waals surface area contributed by atoms with Crippen molar-refractivity contribution in [2.45, 2.75) is 38.8 Å². The van der Waals surface area contributed by atoms with E-state index in [2.05, 4.69) is 5.32 Å². The van der Waals surface area contributed by atoms with E-state index in [1.807, 2.05) is 13.8 Å². The maximum Gasteiger partial charge on any atom is 0.326 e. The molecule has 0 aromatic heterocycles. The van der Waals surface area contributed by atoms with E-state index in [-0.39, 0.29) is 18.1 Å². The second kappa shape index (κ2) is 6.58. The number of nitrogens with one attached hydrogen (secondary N) is 1. The van der Waals surface area contributed by atoms with Gasteiger partial charge < -0.3 is 20.1 Å². The van der Waals surface area contributed by atoms with Gasteiger partial charge in [-0.2, -0.15) is 0 Å². The summed E-state index contributed by atoms with van der Waals surface area (Å²) in [7, 11) is 1.62. The molecule has 1 aliphatic heterocycles. The van der Waals surface area contributed by atoms with Crippen molar-refractivity contribution in [2.24, 2.45) is 5.92 Å². The standard InChI is InChI=1S/C12H22N2O4/c1-4-8(2)10(11(15)16)13-12(17)14-6-5-9(7-14)18-3/h8-10H,4-7H2,1-3H3,(H,13,17)(H,15,16)/t8?,9?,10-/m0/s1. The van der Waals surface area contributed by atoms with Gasteiger partial charge in [0.15, 0.2) is 0 Å². The number of aliphatic carboxylic acids is 1. The summed E-state index contributed by atoms with van der Waals surface area (Å²) in [5, 5.41) is 11.7. The lowest BCUT2D eigenvalue weighted by atomic mass is 9.99. The van der Waals surface area contributed by atoms with Crippen LogP contribution >= 0.6 is 0 Å². The number of methoxy groups -OCH3 is 1. The monoisotopic (exact) mass is 258 g/mol. The SMILES string of the molecule is CCC(C)[C@H](NC(=O)N1CCC(OC)C1)C(=O)O. The van der Waals surface area contributed by atoms with Crippen LogP contribution in [0.15, 0.2) is 0 Å². The van der Waals surface area contributed by atoms with Crippen LogP contribution in [-0.4, -0.2) is 54.4 Å². The Kier molecular flexibility index (Phi) is 5.40. The van der Waals surface area contributed by atoms with Crippen molar-refractivity contribution in [3.05, 3.63) is 0 Å². The van der Waals surface area contributed by atoms with E-state index in [0.29, 0.717) is 19.5 Å². The van der Waals surface area contributed by atoms with Gasteiger partial charge in [0.1, 0.15) is 6.04 Å². The number of nitrogens with zero attached hydrogens (tertiary/aromatic N) is 1. The Balaban J connectivity index is 2.54. The summed E-state index contributed by atoms with van der Waals surface area (Å²) >= 11 is 0. The highest BCUT2D eigenvalue weighted by Gasteiger charge is 2.31. The van der Waals surface area contributed by atoms with Crippen LogP contribution in [0.1, 0.15) is 26.7 Å². The Bertz CT molecular complexity index is 308.